The number of ketones is 1. The average Bonchev–Trinajstić information content (AvgIpc) is 2.57. The Balaban J connectivity index is 1.89. The Kier molecular flexibility index (Phi) is 4.38. The number of rotatable bonds is 4. The second-order valence-electron chi connectivity index (χ2n) is 5.49. The molecule has 0 saturated heterocycles. The number of halogens is 1. The van der Waals surface area contributed by atoms with Crippen LogP contribution in [-0.4, -0.2) is 21.2 Å². The van der Waals surface area contributed by atoms with Crippen LogP contribution in [0.5, 0.6) is 0 Å². The van der Waals surface area contributed by atoms with E-state index in [-0.39, 0.29) is 29.3 Å². The van der Waals surface area contributed by atoms with E-state index >= 15 is 0 Å². The van der Waals surface area contributed by atoms with E-state index in [4.69, 9.17) is 0 Å². The summed E-state index contributed by atoms with van der Waals surface area (Å²) in [6.45, 7) is 0.975. The number of anilines is 1. The first-order valence-electron chi connectivity index (χ1n) is 7.50. The van der Waals surface area contributed by atoms with Crippen molar-refractivity contribution in [3.05, 3.63) is 70.5 Å². The summed E-state index contributed by atoms with van der Waals surface area (Å²) in [6.07, 6.45) is 1.27. The van der Waals surface area contributed by atoms with Crippen molar-refractivity contribution in [1.29, 1.82) is 0 Å². The minimum Gasteiger partial charge on any atom is -0.326 e. The largest absolute Gasteiger partial charge is 0.326 e. The van der Waals surface area contributed by atoms with Crippen molar-refractivity contribution < 1.29 is 14.0 Å². The van der Waals surface area contributed by atoms with Crippen LogP contribution in [-0.2, 0) is 11.3 Å². The molecule has 1 amide bonds. The van der Waals surface area contributed by atoms with Crippen LogP contribution in [0.4, 0.5) is 10.1 Å². The van der Waals surface area contributed by atoms with Gasteiger partial charge in [-0.25, -0.2) is 9.37 Å². The number of nitrogens with one attached hydrogen (secondary N) is 1. The Hall–Kier alpha value is -3.35. The second kappa shape index (κ2) is 6.64. The summed E-state index contributed by atoms with van der Waals surface area (Å²) >= 11 is 0. The molecule has 1 aromatic heterocycles. The van der Waals surface area contributed by atoms with E-state index in [0.717, 1.165) is 10.6 Å². The molecule has 0 aliphatic heterocycles. The third-order valence-electron chi connectivity index (χ3n) is 3.64. The van der Waals surface area contributed by atoms with Crippen molar-refractivity contribution in [2.75, 3.05) is 5.32 Å². The van der Waals surface area contributed by atoms with Crippen molar-refractivity contribution in [2.45, 2.75) is 13.5 Å². The minimum absolute atomic E-state index is 0.158. The minimum atomic E-state index is -0.766. The molecule has 3 rings (SSSR count). The molecule has 25 heavy (non-hydrogen) atoms. The molecule has 0 saturated carbocycles. The van der Waals surface area contributed by atoms with E-state index in [9.17, 15) is 18.8 Å². The topological polar surface area (TPSA) is 81.1 Å². The van der Waals surface area contributed by atoms with Crippen LogP contribution in [0.25, 0.3) is 10.9 Å². The molecule has 6 nitrogen and oxygen atoms in total. The molecule has 126 valence electrons. The van der Waals surface area contributed by atoms with Crippen LogP contribution < -0.4 is 10.9 Å². The number of hydrogen-bond acceptors (Lipinski definition) is 4. The standard InChI is InChI=1S/C18H14FN3O3/c1-11(23)21-12-6-7-13(15(19)8-12)17(24)9-22-10-20-16-5-3-2-4-14(16)18(22)25/h2-8,10H,9H2,1H3,(H,21,23). The van der Waals surface area contributed by atoms with Crippen LogP contribution in [0.3, 0.4) is 0 Å². The zero-order valence-corrected chi connectivity index (χ0v) is 13.3. The van der Waals surface area contributed by atoms with Gasteiger partial charge in [0, 0.05) is 12.6 Å². The van der Waals surface area contributed by atoms with Gasteiger partial charge in [-0.15, -0.1) is 0 Å². The summed E-state index contributed by atoms with van der Waals surface area (Å²) in [7, 11) is 0. The van der Waals surface area contributed by atoms with Crippen LogP contribution in [0.1, 0.15) is 17.3 Å². The maximum Gasteiger partial charge on any atom is 0.261 e. The summed E-state index contributed by atoms with van der Waals surface area (Å²) in [6, 6.07) is 10.6. The van der Waals surface area contributed by atoms with E-state index < -0.39 is 11.6 Å². The van der Waals surface area contributed by atoms with Gasteiger partial charge in [0.1, 0.15) is 5.82 Å². The lowest BCUT2D eigenvalue weighted by molar-refractivity contribution is -0.114. The SMILES string of the molecule is CC(=O)Nc1ccc(C(=O)Cn2cnc3ccccc3c2=O)c(F)c1. The van der Waals surface area contributed by atoms with E-state index in [1.165, 1.54) is 25.4 Å². The second-order valence-corrected chi connectivity index (χ2v) is 5.49. The van der Waals surface area contributed by atoms with Crippen molar-refractivity contribution >= 4 is 28.3 Å². The quantitative estimate of drug-likeness (QED) is 0.740. The van der Waals surface area contributed by atoms with Crippen LogP contribution in [0.15, 0.2) is 53.6 Å². The van der Waals surface area contributed by atoms with Crippen LogP contribution >= 0.6 is 0 Å². The number of fused-ring (bicyclic) bond motifs is 1. The fourth-order valence-electron chi connectivity index (χ4n) is 2.48. The normalized spacial score (nSPS) is 10.6. The number of aromatic nitrogens is 2. The van der Waals surface area contributed by atoms with Gasteiger partial charge in [0.2, 0.25) is 5.91 Å². The maximum atomic E-state index is 14.1. The van der Waals surface area contributed by atoms with Crippen molar-refractivity contribution in [1.82, 2.24) is 9.55 Å². The number of Topliss-reactive ketones (excluding diaryl/α,β-unsaturated/α-hetero) is 1. The number of carbonyl (C=O) groups excluding carboxylic acids is 2. The average molecular weight is 339 g/mol. The summed E-state index contributed by atoms with van der Waals surface area (Å²) < 4.78 is 15.3. The Morgan fingerprint density at radius 2 is 1.96 bits per heavy atom. The van der Waals surface area contributed by atoms with Gasteiger partial charge >= 0.3 is 0 Å². The number of hydrogen-bond donors (Lipinski definition) is 1. The van der Waals surface area contributed by atoms with Gasteiger partial charge in [-0.3, -0.25) is 19.0 Å². The fraction of sp³-hybridized carbons (Fsp3) is 0.111. The summed E-state index contributed by atoms with van der Waals surface area (Å²) in [5.41, 5.74) is 0.261. The summed E-state index contributed by atoms with van der Waals surface area (Å²) in [5.74, 6) is -1.67. The van der Waals surface area contributed by atoms with Gasteiger partial charge in [0.25, 0.3) is 5.56 Å². The molecule has 1 N–H and O–H groups in total. The molecule has 1 heterocycles. The van der Waals surface area contributed by atoms with Crippen molar-refractivity contribution in [3.8, 4) is 0 Å². The van der Waals surface area contributed by atoms with Crippen LogP contribution in [0.2, 0.25) is 0 Å². The lowest BCUT2D eigenvalue weighted by Crippen LogP contribution is -2.25. The predicted molar refractivity (Wildman–Crippen MR) is 91.0 cm³/mol. The lowest BCUT2D eigenvalue weighted by atomic mass is 10.1. The van der Waals surface area contributed by atoms with E-state index in [0.29, 0.717) is 10.9 Å². The zero-order valence-electron chi connectivity index (χ0n) is 13.3. The molecule has 0 radical (unpaired) electrons. The van der Waals surface area contributed by atoms with E-state index in [1.807, 2.05) is 0 Å². The van der Waals surface area contributed by atoms with E-state index in [2.05, 4.69) is 10.3 Å². The van der Waals surface area contributed by atoms with Gasteiger partial charge in [0.05, 0.1) is 29.3 Å². The zero-order chi connectivity index (χ0) is 18.0. The molecule has 0 fully saturated rings. The highest BCUT2D eigenvalue weighted by atomic mass is 19.1. The van der Waals surface area contributed by atoms with Gasteiger partial charge < -0.3 is 5.32 Å². The lowest BCUT2D eigenvalue weighted by Gasteiger charge is -2.08. The molecule has 2 aromatic carbocycles. The molecule has 0 spiro atoms. The molecule has 3 aromatic rings. The first kappa shape index (κ1) is 16.5. The van der Waals surface area contributed by atoms with Crippen LogP contribution in [0, 0.1) is 5.82 Å². The Morgan fingerprint density at radius 1 is 1.20 bits per heavy atom. The number of benzene rings is 2. The highest BCUT2D eigenvalue weighted by Gasteiger charge is 2.15. The molecule has 0 atom stereocenters. The molecule has 7 heteroatoms. The molecular weight excluding hydrogens is 325 g/mol. The van der Waals surface area contributed by atoms with Gasteiger partial charge in [-0.05, 0) is 30.3 Å². The third kappa shape index (κ3) is 3.45. The monoisotopic (exact) mass is 339 g/mol. The smallest absolute Gasteiger partial charge is 0.261 e. The highest BCUT2D eigenvalue weighted by molar-refractivity contribution is 5.97. The third-order valence-corrected chi connectivity index (χ3v) is 3.64. The first-order valence-corrected chi connectivity index (χ1v) is 7.50. The number of nitrogens with zero attached hydrogens (tertiary/aromatic N) is 2. The Bertz CT molecular complexity index is 1040. The predicted octanol–water partition coefficient (Wildman–Crippen LogP) is 2.38. The number of para-hydroxylation sites is 1. The van der Waals surface area contributed by atoms with Gasteiger partial charge in [-0.2, -0.15) is 0 Å². The number of carbonyl (C=O) groups is 2. The van der Waals surface area contributed by atoms with Gasteiger partial charge in [0.15, 0.2) is 5.78 Å². The van der Waals surface area contributed by atoms with E-state index in [1.54, 1.807) is 24.3 Å². The Labute approximate surface area is 141 Å². The highest BCUT2D eigenvalue weighted by Crippen LogP contribution is 2.16. The molecular formula is C18H14FN3O3. The van der Waals surface area contributed by atoms with Gasteiger partial charge in [-0.1, -0.05) is 12.1 Å². The van der Waals surface area contributed by atoms with Crippen molar-refractivity contribution in [3.63, 3.8) is 0 Å². The molecule has 0 aliphatic carbocycles. The van der Waals surface area contributed by atoms with Crippen molar-refractivity contribution in [2.24, 2.45) is 0 Å². The summed E-state index contributed by atoms with van der Waals surface area (Å²) in [5, 5.41) is 2.82. The first-order chi connectivity index (χ1) is 12.0. The Morgan fingerprint density at radius 3 is 2.68 bits per heavy atom. The molecule has 0 aliphatic rings. The molecule has 0 bridgehead atoms. The molecule has 0 unspecified atom stereocenters. The summed E-state index contributed by atoms with van der Waals surface area (Å²) in [4.78, 5) is 39.8. The maximum absolute atomic E-state index is 14.1. The fourth-order valence-corrected chi connectivity index (χ4v) is 2.48. The number of amides is 1.